The Balaban J connectivity index is 0.00000324. The molecule has 19 heavy (non-hydrogen) atoms. The third-order valence-corrected chi connectivity index (χ3v) is 3.57. The van der Waals surface area contributed by atoms with Crippen LogP contribution in [0.3, 0.4) is 0 Å². The van der Waals surface area contributed by atoms with Crippen LogP contribution in [0.15, 0.2) is 29.2 Å². The molecule has 1 rings (SSSR count). The molecular weight excluding hydrogens is 288 g/mol. The summed E-state index contributed by atoms with van der Waals surface area (Å²) >= 11 is 0. The third-order valence-electron chi connectivity index (χ3n) is 2.42. The average Bonchev–Trinajstić information content (AvgIpc) is 2.27. The molecule has 0 aliphatic rings. The van der Waals surface area contributed by atoms with Crippen molar-refractivity contribution in [1.82, 2.24) is 5.32 Å². The summed E-state index contributed by atoms with van der Waals surface area (Å²) in [5, 5.41) is 2.66. The summed E-state index contributed by atoms with van der Waals surface area (Å²) in [6.45, 7) is 2.27. The number of rotatable bonds is 5. The third kappa shape index (κ3) is 5.59. The molecule has 7 heteroatoms. The highest BCUT2D eigenvalue weighted by atomic mass is 35.5. The number of hydrogen-bond donors (Lipinski definition) is 2. The van der Waals surface area contributed by atoms with E-state index in [2.05, 4.69) is 5.32 Å². The summed E-state index contributed by atoms with van der Waals surface area (Å²) in [6.07, 6.45) is 1.73. The smallest absolute Gasteiger partial charge is 0.252 e. The minimum absolute atomic E-state index is 0. The average molecular weight is 307 g/mol. The van der Waals surface area contributed by atoms with Crippen LogP contribution in [0.2, 0.25) is 0 Å². The molecule has 1 atom stereocenters. The van der Waals surface area contributed by atoms with Crippen LogP contribution >= 0.6 is 12.4 Å². The van der Waals surface area contributed by atoms with Gasteiger partial charge < -0.3 is 11.1 Å². The van der Waals surface area contributed by atoms with Gasteiger partial charge in [0.15, 0.2) is 9.84 Å². The molecular formula is C12H19ClN2O3S. The largest absolute Gasteiger partial charge is 0.352 e. The quantitative estimate of drug-likeness (QED) is 0.848. The van der Waals surface area contributed by atoms with Gasteiger partial charge in [0, 0.05) is 18.8 Å². The zero-order valence-electron chi connectivity index (χ0n) is 10.9. The second-order valence-electron chi connectivity index (χ2n) is 4.29. The molecule has 0 radical (unpaired) electrons. The lowest BCUT2D eigenvalue weighted by molar-refractivity contribution is 0.0949. The standard InChI is InChI=1S/C12H18N2O3S.ClH/c1-9(13)7-8-14-12(15)10-5-3-4-6-11(10)18(2,16)17;/h3-6,9H,7-8,13H2,1-2H3,(H,14,15);1H. The Kier molecular flexibility index (Phi) is 7.04. The van der Waals surface area contributed by atoms with Crippen molar-refractivity contribution in [3.63, 3.8) is 0 Å². The summed E-state index contributed by atoms with van der Waals surface area (Å²) in [7, 11) is -3.41. The Labute approximate surface area is 119 Å². The van der Waals surface area contributed by atoms with E-state index in [9.17, 15) is 13.2 Å². The molecule has 1 unspecified atom stereocenters. The van der Waals surface area contributed by atoms with Gasteiger partial charge in [-0.3, -0.25) is 4.79 Å². The molecule has 0 aromatic heterocycles. The molecule has 0 saturated carbocycles. The van der Waals surface area contributed by atoms with Gasteiger partial charge in [0.1, 0.15) is 0 Å². The number of halogens is 1. The first-order chi connectivity index (χ1) is 8.32. The molecule has 5 nitrogen and oxygen atoms in total. The van der Waals surface area contributed by atoms with Crippen LogP contribution in [0.25, 0.3) is 0 Å². The second-order valence-corrected chi connectivity index (χ2v) is 6.27. The first-order valence-corrected chi connectivity index (χ1v) is 7.54. The fraction of sp³-hybridized carbons (Fsp3) is 0.417. The molecule has 3 N–H and O–H groups in total. The van der Waals surface area contributed by atoms with E-state index in [4.69, 9.17) is 5.73 Å². The van der Waals surface area contributed by atoms with Gasteiger partial charge in [0.05, 0.1) is 10.5 Å². The number of amides is 1. The van der Waals surface area contributed by atoms with Gasteiger partial charge >= 0.3 is 0 Å². The normalized spacial score (nSPS) is 12.4. The molecule has 1 aromatic carbocycles. The van der Waals surface area contributed by atoms with Crippen LogP contribution in [0.1, 0.15) is 23.7 Å². The number of hydrogen-bond acceptors (Lipinski definition) is 4. The number of carbonyl (C=O) groups is 1. The van der Waals surface area contributed by atoms with Crippen molar-refractivity contribution in [3.05, 3.63) is 29.8 Å². The maximum absolute atomic E-state index is 11.9. The predicted octanol–water partition coefficient (Wildman–Crippen LogP) is 0.979. The maximum Gasteiger partial charge on any atom is 0.252 e. The molecule has 1 aromatic rings. The van der Waals surface area contributed by atoms with Gasteiger partial charge in [-0.2, -0.15) is 0 Å². The maximum atomic E-state index is 11.9. The molecule has 0 spiro atoms. The first kappa shape index (κ1) is 17.9. The minimum Gasteiger partial charge on any atom is -0.352 e. The Morgan fingerprint density at radius 2 is 1.95 bits per heavy atom. The van der Waals surface area contributed by atoms with Crippen LogP contribution in [-0.2, 0) is 9.84 Å². The Morgan fingerprint density at radius 3 is 2.47 bits per heavy atom. The molecule has 0 heterocycles. The fourth-order valence-corrected chi connectivity index (χ4v) is 2.37. The minimum atomic E-state index is -3.41. The highest BCUT2D eigenvalue weighted by Gasteiger charge is 2.17. The highest BCUT2D eigenvalue weighted by molar-refractivity contribution is 7.90. The zero-order chi connectivity index (χ0) is 13.8. The summed E-state index contributed by atoms with van der Waals surface area (Å²) < 4.78 is 23.1. The predicted molar refractivity (Wildman–Crippen MR) is 77.4 cm³/mol. The van der Waals surface area contributed by atoms with Gasteiger partial charge in [-0.15, -0.1) is 12.4 Å². The summed E-state index contributed by atoms with van der Waals surface area (Å²) in [6, 6.07) is 6.15. The van der Waals surface area contributed by atoms with Crippen molar-refractivity contribution in [2.75, 3.05) is 12.8 Å². The van der Waals surface area contributed by atoms with E-state index in [0.29, 0.717) is 13.0 Å². The van der Waals surface area contributed by atoms with E-state index in [1.54, 1.807) is 12.1 Å². The number of nitrogens with one attached hydrogen (secondary N) is 1. The van der Waals surface area contributed by atoms with Crippen LogP contribution in [0, 0.1) is 0 Å². The molecule has 0 fully saturated rings. The number of sulfone groups is 1. The van der Waals surface area contributed by atoms with Gasteiger partial charge in [-0.1, -0.05) is 12.1 Å². The van der Waals surface area contributed by atoms with Crippen LogP contribution < -0.4 is 11.1 Å². The van der Waals surface area contributed by atoms with E-state index in [1.165, 1.54) is 12.1 Å². The molecule has 0 aliphatic carbocycles. The van der Waals surface area contributed by atoms with E-state index in [0.717, 1.165) is 6.26 Å². The molecule has 0 bridgehead atoms. The fourth-order valence-electron chi connectivity index (χ4n) is 1.49. The molecule has 0 aliphatic heterocycles. The monoisotopic (exact) mass is 306 g/mol. The summed E-state index contributed by atoms with van der Waals surface area (Å²) in [4.78, 5) is 11.9. The molecule has 1 amide bonds. The summed E-state index contributed by atoms with van der Waals surface area (Å²) in [5.41, 5.74) is 5.74. The molecule has 0 saturated heterocycles. The number of nitrogens with two attached hydrogens (primary N) is 1. The van der Waals surface area contributed by atoms with Gasteiger partial charge in [0.25, 0.3) is 5.91 Å². The topological polar surface area (TPSA) is 89.3 Å². The van der Waals surface area contributed by atoms with Crippen molar-refractivity contribution in [1.29, 1.82) is 0 Å². The SMILES string of the molecule is CC(N)CCNC(=O)c1ccccc1S(C)(=O)=O.Cl. The van der Waals surface area contributed by atoms with E-state index >= 15 is 0 Å². The van der Waals surface area contributed by atoms with Gasteiger partial charge in [0.2, 0.25) is 0 Å². The number of carbonyl (C=O) groups excluding carboxylic acids is 1. The molecule has 108 valence electrons. The Morgan fingerprint density at radius 1 is 1.37 bits per heavy atom. The van der Waals surface area contributed by atoms with Crippen LogP contribution in [0.4, 0.5) is 0 Å². The highest BCUT2D eigenvalue weighted by Crippen LogP contribution is 2.14. The lowest BCUT2D eigenvalue weighted by atomic mass is 10.2. The van der Waals surface area contributed by atoms with E-state index in [-0.39, 0.29) is 28.9 Å². The van der Waals surface area contributed by atoms with E-state index < -0.39 is 15.7 Å². The van der Waals surface area contributed by atoms with Crippen LogP contribution in [-0.4, -0.2) is 33.2 Å². The van der Waals surface area contributed by atoms with E-state index in [1.807, 2.05) is 6.92 Å². The van der Waals surface area contributed by atoms with Crippen molar-refractivity contribution < 1.29 is 13.2 Å². The lowest BCUT2D eigenvalue weighted by Crippen LogP contribution is -2.29. The van der Waals surface area contributed by atoms with Crippen molar-refractivity contribution >= 4 is 28.2 Å². The van der Waals surface area contributed by atoms with Crippen molar-refractivity contribution in [2.24, 2.45) is 5.73 Å². The summed E-state index contributed by atoms with van der Waals surface area (Å²) in [5.74, 6) is -0.392. The van der Waals surface area contributed by atoms with Crippen molar-refractivity contribution in [3.8, 4) is 0 Å². The number of benzene rings is 1. The van der Waals surface area contributed by atoms with Crippen LogP contribution in [0.5, 0.6) is 0 Å². The first-order valence-electron chi connectivity index (χ1n) is 5.65. The Hall–Kier alpha value is -1.11. The Bertz CT molecular complexity index is 530. The van der Waals surface area contributed by atoms with Gasteiger partial charge in [-0.25, -0.2) is 8.42 Å². The second kappa shape index (κ2) is 7.47. The van der Waals surface area contributed by atoms with Gasteiger partial charge in [-0.05, 0) is 25.5 Å². The zero-order valence-corrected chi connectivity index (χ0v) is 12.6. The lowest BCUT2D eigenvalue weighted by Gasteiger charge is -2.09. The van der Waals surface area contributed by atoms with Crippen molar-refractivity contribution in [2.45, 2.75) is 24.3 Å².